The highest BCUT2D eigenvalue weighted by molar-refractivity contribution is 5.94. The van der Waals surface area contributed by atoms with Crippen LogP contribution < -0.4 is 16.4 Å². The third-order valence-corrected chi connectivity index (χ3v) is 5.26. The monoisotopic (exact) mass is 490 g/mol. The summed E-state index contributed by atoms with van der Waals surface area (Å²) in [5.41, 5.74) is 6.32. The van der Waals surface area contributed by atoms with Gasteiger partial charge in [-0.25, -0.2) is 4.79 Å². The molecule has 2 atom stereocenters. The van der Waals surface area contributed by atoms with Gasteiger partial charge in [0.2, 0.25) is 17.7 Å². The lowest BCUT2D eigenvalue weighted by Gasteiger charge is -2.37. The van der Waals surface area contributed by atoms with Crippen LogP contribution in [0.1, 0.15) is 84.9 Å². The minimum absolute atomic E-state index is 0.333. The van der Waals surface area contributed by atoms with Crippen molar-refractivity contribution in [3.8, 4) is 0 Å². The van der Waals surface area contributed by atoms with Crippen molar-refractivity contribution in [2.75, 3.05) is 6.54 Å². The van der Waals surface area contributed by atoms with Gasteiger partial charge in [0, 0.05) is 12.6 Å². The fourth-order valence-corrected chi connectivity index (χ4v) is 3.57. The van der Waals surface area contributed by atoms with E-state index in [4.69, 9.17) is 10.5 Å². The second-order valence-electron chi connectivity index (χ2n) is 9.85. The molecule has 0 spiro atoms. The maximum atomic E-state index is 13.8. The molecule has 2 unspecified atom stereocenters. The predicted molar refractivity (Wildman–Crippen MR) is 135 cm³/mol. The van der Waals surface area contributed by atoms with Crippen LogP contribution in [0.4, 0.5) is 4.79 Å². The van der Waals surface area contributed by atoms with Gasteiger partial charge in [0.15, 0.2) is 0 Å². The molecule has 0 fully saturated rings. The number of rotatable bonds is 12. The first-order chi connectivity index (χ1) is 16.3. The third-order valence-electron chi connectivity index (χ3n) is 5.26. The number of alkyl carbamates (subject to hydrolysis) is 1. The van der Waals surface area contributed by atoms with Crippen molar-refractivity contribution in [3.63, 3.8) is 0 Å². The van der Waals surface area contributed by atoms with Crippen LogP contribution in [0.5, 0.6) is 0 Å². The van der Waals surface area contributed by atoms with E-state index in [1.54, 1.807) is 34.6 Å². The molecule has 0 saturated carbocycles. The summed E-state index contributed by atoms with van der Waals surface area (Å²) >= 11 is 0. The summed E-state index contributed by atoms with van der Waals surface area (Å²) in [6.45, 7) is 13.1. The van der Waals surface area contributed by atoms with Gasteiger partial charge in [0.25, 0.3) is 0 Å². The summed E-state index contributed by atoms with van der Waals surface area (Å²) in [7, 11) is 0. The second-order valence-corrected chi connectivity index (χ2v) is 9.85. The molecule has 0 aliphatic heterocycles. The smallest absolute Gasteiger partial charge is 0.408 e. The minimum Gasteiger partial charge on any atom is -0.444 e. The quantitative estimate of drug-likeness (QED) is 0.387. The number of unbranched alkanes of at least 4 members (excludes halogenated alkanes) is 1. The lowest BCUT2D eigenvalue weighted by molar-refractivity contribution is -0.145. The molecule has 9 heteroatoms. The molecule has 0 aromatic heterocycles. The van der Waals surface area contributed by atoms with E-state index in [-0.39, 0.29) is 5.91 Å². The van der Waals surface area contributed by atoms with Crippen LogP contribution in [0.15, 0.2) is 24.3 Å². The van der Waals surface area contributed by atoms with Crippen molar-refractivity contribution in [1.82, 2.24) is 15.5 Å². The number of primary amides is 1. The Morgan fingerprint density at radius 1 is 1.06 bits per heavy atom. The highest BCUT2D eigenvalue weighted by Gasteiger charge is 2.38. The number of hydrogen-bond donors (Lipinski definition) is 3. The van der Waals surface area contributed by atoms with E-state index in [1.165, 1.54) is 4.90 Å². The van der Waals surface area contributed by atoms with Crippen LogP contribution in [-0.4, -0.2) is 52.9 Å². The maximum absolute atomic E-state index is 13.8. The molecule has 4 amide bonds. The Bertz CT molecular complexity index is 861. The fraction of sp³-hybridized carbons (Fsp3) is 0.615. The molecule has 0 saturated heterocycles. The number of aryl methyl sites for hydroxylation is 1. The lowest BCUT2D eigenvalue weighted by atomic mass is 9.98. The number of hydrogen-bond acceptors (Lipinski definition) is 5. The van der Waals surface area contributed by atoms with E-state index in [9.17, 15) is 19.2 Å². The Kier molecular flexibility index (Phi) is 11.7. The molecular weight excluding hydrogens is 448 g/mol. The van der Waals surface area contributed by atoms with Crippen molar-refractivity contribution in [2.24, 2.45) is 5.73 Å². The van der Waals surface area contributed by atoms with Gasteiger partial charge >= 0.3 is 6.09 Å². The molecule has 1 aromatic rings. The van der Waals surface area contributed by atoms with Crippen molar-refractivity contribution in [1.29, 1.82) is 0 Å². The van der Waals surface area contributed by atoms with Gasteiger partial charge in [-0.05, 0) is 58.6 Å². The molecule has 35 heavy (non-hydrogen) atoms. The van der Waals surface area contributed by atoms with Gasteiger partial charge < -0.3 is 26.0 Å². The highest BCUT2D eigenvalue weighted by atomic mass is 16.6. The van der Waals surface area contributed by atoms with E-state index in [0.717, 1.165) is 24.8 Å². The zero-order valence-corrected chi connectivity index (χ0v) is 22.1. The minimum atomic E-state index is -1.29. The largest absolute Gasteiger partial charge is 0.444 e. The molecule has 0 aliphatic carbocycles. The summed E-state index contributed by atoms with van der Waals surface area (Å²) in [6, 6.07) is 4.83. The van der Waals surface area contributed by atoms with Crippen LogP contribution in [0.3, 0.4) is 0 Å². The summed E-state index contributed by atoms with van der Waals surface area (Å²) in [4.78, 5) is 52.7. The first-order valence-corrected chi connectivity index (χ1v) is 12.3. The molecule has 1 rings (SSSR count). The Balaban J connectivity index is 3.42. The van der Waals surface area contributed by atoms with Crippen LogP contribution in [0, 0.1) is 0 Å². The summed E-state index contributed by atoms with van der Waals surface area (Å²) in [6.07, 6.45) is 1.26. The number of nitrogens with one attached hydrogen (secondary N) is 2. The standard InChI is InChI=1S/C26H42N4O5/c1-8-10-15-28-23(32)22(19-13-11-18(9-2)12-14-19)30(17(3)4)24(33)20(16-21(27)31)29-25(34)35-26(5,6)7/h11-14,17,20,22H,8-10,15-16H2,1-7H3,(H2,27,31)(H,28,32)(H,29,34). The van der Waals surface area contributed by atoms with Crippen molar-refractivity contribution in [2.45, 2.75) is 97.9 Å². The molecule has 0 aliphatic rings. The molecule has 0 radical (unpaired) electrons. The molecule has 196 valence electrons. The van der Waals surface area contributed by atoms with E-state index in [1.807, 2.05) is 38.1 Å². The third kappa shape index (κ3) is 9.96. The van der Waals surface area contributed by atoms with Crippen LogP contribution >= 0.6 is 0 Å². The SMILES string of the molecule is CCCCNC(=O)C(c1ccc(CC)cc1)N(C(=O)C(CC(N)=O)NC(=O)OC(C)(C)C)C(C)C. The van der Waals surface area contributed by atoms with E-state index in [2.05, 4.69) is 10.6 Å². The van der Waals surface area contributed by atoms with E-state index < -0.39 is 48.1 Å². The zero-order valence-electron chi connectivity index (χ0n) is 22.1. The summed E-state index contributed by atoms with van der Waals surface area (Å²) in [5.74, 6) is -1.70. The molecule has 1 aromatic carbocycles. The van der Waals surface area contributed by atoms with Crippen molar-refractivity contribution < 1.29 is 23.9 Å². The first-order valence-electron chi connectivity index (χ1n) is 12.3. The van der Waals surface area contributed by atoms with Gasteiger partial charge in [-0.3, -0.25) is 14.4 Å². The van der Waals surface area contributed by atoms with Gasteiger partial charge in [0.05, 0.1) is 6.42 Å². The molecular formula is C26H42N4O5. The summed E-state index contributed by atoms with van der Waals surface area (Å²) < 4.78 is 5.27. The van der Waals surface area contributed by atoms with Crippen molar-refractivity contribution >= 4 is 23.8 Å². The van der Waals surface area contributed by atoms with E-state index >= 15 is 0 Å². The van der Waals surface area contributed by atoms with E-state index in [0.29, 0.717) is 12.1 Å². The molecule has 9 nitrogen and oxygen atoms in total. The van der Waals surface area contributed by atoms with Gasteiger partial charge in [-0.15, -0.1) is 0 Å². The Morgan fingerprint density at radius 3 is 2.11 bits per heavy atom. The molecule has 0 heterocycles. The topological polar surface area (TPSA) is 131 Å². The number of ether oxygens (including phenoxy) is 1. The molecule has 4 N–H and O–H groups in total. The van der Waals surface area contributed by atoms with Gasteiger partial charge in [-0.2, -0.15) is 0 Å². The number of carbonyl (C=O) groups excluding carboxylic acids is 4. The lowest BCUT2D eigenvalue weighted by Crippen LogP contribution is -2.56. The van der Waals surface area contributed by atoms with Gasteiger partial charge in [0.1, 0.15) is 17.7 Å². The fourth-order valence-electron chi connectivity index (χ4n) is 3.57. The highest BCUT2D eigenvalue weighted by Crippen LogP contribution is 2.26. The Morgan fingerprint density at radius 2 is 1.66 bits per heavy atom. The number of nitrogens with zero attached hydrogens (tertiary/aromatic N) is 1. The Labute approximate surface area is 209 Å². The van der Waals surface area contributed by atoms with Crippen LogP contribution in [0.25, 0.3) is 0 Å². The van der Waals surface area contributed by atoms with Crippen LogP contribution in [-0.2, 0) is 25.5 Å². The first kappa shape index (κ1) is 29.9. The number of carbonyl (C=O) groups is 4. The average molecular weight is 491 g/mol. The Hall–Kier alpha value is -3.10. The number of amides is 4. The average Bonchev–Trinajstić information content (AvgIpc) is 2.74. The second kappa shape index (κ2) is 13.7. The van der Waals surface area contributed by atoms with Crippen LogP contribution in [0.2, 0.25) is 0 Å². The number of nitrogens with two attached hydrogens (primary N) is 1. The maximum Gasteiger partial charge on any atom is 0.408 e. The van der Waals surface area contributed by atoms with Crippen molar-refractivity contribution in [3.05, 3.63) is 35.4 Å². The molecule has 0 bridgehead atoms. The zero-order chi connectivity index (χ0) is 26.8. The number of benzene rings is 1. The normalized spacial score (nSPS) is 13.0. The summed E-state index contributed by atoms with van der Waals surface area (Å²) in [5, 5.41) is 5.39. The van der Waals surface area contributed by atoms with Gasteiger partial charge in [-0.1, -0.05) is 44.5 Å². The predicted octanol–water partition coefficient (Wildman–Crippen LogP) is 3.21.